The molecule has 0 fully saturated rings. The van der Waals surface area contributed by atoms with Gasteiger partial charge in [-0.3, -0.25) is 0 Å². The van der Waals surface area contributed by atoms with Gasteiger partial charge < -0.3 is 14.8 Å². The van der Waals surface area contributed by atoms with Gasteiger partial charge in [0, 0.05) is 11.4 Å². The number of anilines is 5. The van der Waals surface area contributed by atoms with E-state index in [1.54, 1.807) is 0 Å². The number of hydrogen-bond acceptors (Lipinski definition) is 4. The highest BCUT2D eigenvalue weighted by atomic mass is 15.2. The van der Waals surface area contributed by atoms with Gasteiger partial charge >= 0.3 is 0 Å². The molecule has 0 unspecified atom stereocenters. The summed E-state index contributed by atoms with van der Waals surface area (Å²) in [5, 5.41) is 4.61. The van der Waals surface area contributed by atoms with Gasteiger partial charge in [-0.25, -0.2) is 9.98 Å². The molecule has 0 saturated heterocycles. The fraction of sp³-hybridized carbons (Fsp3) is 0.0270. The second-order valence-corrected chi connectivity index (χ2v) is 10.5. The highest BCUT2D eigenvalue weighted by Crippen LogP contribution is 2.49. The van der Waals surface area contributed by atoms with Gasteiger partial charge in [0.25, 0.3) is 0 Å². The van der Waals surface area contributed by atoms with Crippen LogP contribution >= 0.6 is 0 Å². The smallest absolute Gasteiger partial charge is 0.0900 e. The molecule has 200 valence electrons. The van der Waals surface area contributed by atoms with Crippen LogP contribution < -0.4 is 15.6 Å². The number of para-hydroxylation sites is 5. The molecule has 5 aromatic carbocycles. The summed E-state index contributed by atoms with van der Waals surface area (Å²) in [5.74, 6) is 0. The van der Waals surface area contributed by atoms with Crippen molar-refractivity contribution >= 4 is 45.2 Å². The van der Waals surface area contributed by atoms with E-state index >= 15 is 0 Å². The van der Waals surface area contributed by atoms with Crippen LogP contribution in [0.4, 0.5) is 34.1 Å². The van der Waals surface area contributed by atoms with Crippen molar-refractivity contribution in [1.29, 1.82) is 0 Å². The minimum Gasteiger partial charge on any atom is -0.352 e. The lowest BCUT2D eigenvalue weighted by atomic mass is 10.0. The summed E-state index contributed by atoms with van der Waals surface area (Å²) in [6, 6.07) is 48.3. The van der Waals surface area contributed by atoms with Gasteiger partial charge in [-0.05, 0) is 85.3 Å². The zero-order chi connectivity index (χ0) is 28.0. The SMILES string of the molecule is Cc1cc2nc3cc4c(cc3n(-c3ccccc3)c-2cc1=Nc1ccccc1)N(c1ccccc1)c1ccccc1N4. The first-order chi connectivity index (χ1) is 20.7. The van der Waals surface area contributed by atoms with E-state index in [2.05, 4.69) is 131 Å². The Bertz CT molecular complexity index is 2120. The molecule has 1 N–H and O–H groups in total. The second kappa shape index (κ2) is 9.75. The van der Waals surface area contributed by atoms with Crippen molar-refractivity contribution in [2.45, 2.75) is 6.92 Å². The summed E-state index contributed by atoms with van der Waals surface area (Å²) in [5.41, 5.74) is 12.3. The van der Waals surface area contributed by atoms with E-state index in [4.69, 9.17) is 9.98 Å². The zero-order valence-electron chi connectivity index (χ0n) is 23.1. The Balaban J connectivity index is 1.45. The van der Waals surface area contributed by atoms with Crippen molar-refractivity contribution in [3.05, 3.63) is 150 Å². The van der Waals surface area contributed by atoms with E-state index in [1.807, 2.05) is 30.3 Å². The maximum Gasteiger partial charge on any atom is 0.0900 e. The van der Waals surface area contributed by atoms with E-state index in [0.717, 1.165) is 73.2 Å². The first-order valence-electron chi connectivity index (χ1n) is 14.1. The molecule has 0 saturated carbocycles. The molecule has 0 bridgehead atoms. The van der Waals surface area contributed by atoms with Crippen LogP contribution in [0.3, 0.4) is 0 Å². The average molecular weight is 542 g/mol. The van der Waals surface area contributed by atoms with Crippen molar-refractivity contribution in [2.75, 3.05) is 10.2 Å². The van der Waals surface area contributed by atoms with Gasteiger partial charge in [0.2, 0.25) is 0 Å². The van der Waals surface area contributed by atoms with Crippen LogP contribution in [0.5, 0.6) is 0 Å². The fourth-order valence-corrected chi connectivity index (χ4v) is 5.84. The second-order valence-electron chi connectivity index (χ2n) is 10.5. The normalized spacial score (nSPS) is 12.7. The molecule has 1 aliphatic carbocycles. The van der Waals surface area contributed by atoms with E-state index in [1.165, 1.54) is 0 Å². The van der Waals surface area contributed by atoms with Crippen molar-refractivity contribution < 1.29 is 0 Å². The van der Waals surface area contributed by atoms with Crippen molar-refractivity contribution in [1.82, 2.24) is 9.55 Å². The van der Waals surface area contributed by atoms with Crippen molar-refractivity contribution in [3.8, 4) is 17.1 Å². The summed E-state index contributed by atoms with van der Waals surface area (Å²) in [4.78, 5) is 12.5. The van der Waals surface area contributed by atoms with E-state index in [-0.39, 0.29) is 0 Å². The number of rotatable bonds is 3. The van der Waals surface area contributed by atoms with Crippen LogP contribution in [0.15, 0.2) is 145 Å². The van der Waals surface area contributed by atoms with Gasteiger partial charge in [0.15, 0.2) is 0 Å². The standard InChI is InChI=1S/C37H27N5/c1-25-21-31-35(23-30(25)38-26-13-5-2-6-14-26)42(28-17-9-4-10-18-28)37-24-36-32(22-33(37)40-31)39-29-19-11-12-20-34(29)41(36)27-15-7-3-8-16-27/h2-24,39H,1H3. The molecule has 0 atom stereocenters. The Labute approximate surface area is 244 Å². The first kappa shape index (κ1) is 24.1. The lowest BCUT2D eigenvalue weighted by molar-refractivity contribution is 1.06. The minimum absolute atomic E-state index is 0.914. The van der Waals surface area contributed by atoms with Gasteiger partial charge in [0.05, 0.1) is 56.2 Å². The summed E-state index contributed by atoms with van der Waals surface area (Å²) in [7, 11) is 0. The first-order valence-corrected chi connectivity index (χ1v) is 14.1. The largest absolute Gasteiger partial charge is 0.352 e. The molecule has 0 amide bonds. The number of aromatic nitrogens is 2. The third kappa shape index (κ3) is 4.02. The van der Waals surface area contributed by atoms with Crippen molar-refractivity contribution in [2.24, 2.45) is 4.99 Å². The van der Waals surface area contributed by atoms with E-state index in [0.29, 0.717) is 0 Å². The van der Waals surface area contributed by atoms with Crippen LogP contribution in [-0.4, -0.2) is 9.55 Å². The van der Waals surface area contributed by atoms with Crippen LogP contribution in [0.1, 0.15) is 5.56 Å². The Hall–Kier alpha value is -5.68. The van der Waals surface area contributed by atoms with Gasteiger partial charge in [0.1, 0.15) is 0 Å². The molecule has 42 heavy (non-hydrogen) atoms. The predicted octanol–water partition coefficient (Wildman–Crippen LogP) is 9.20. The monoisotopic (exact) mass is 541 g/mol. The van der Waals surface area contributed by atoms with Gasteiger partial charge in [-0.2, -0.15) is 0 Å². The molecule has 5 aromatic rings. The molecular weight excluding hydrogens is 514 g/mol. The lowest BCUT2D eigenvalue weighted by Crippen LogP contribution is -2.19. The topological polar surface area (TPSA) is 45.5 Å². The lowest BCUT2D eigenvalue weighted by Gasteiger charge is -2.34. The highest BCUT2D eigenvalue weighted by Gasteiger charge is 2.26. The highest BCUT2D eigenvalue weighted by molar-refractivity contribution is 6.02. The molecule has 5 heteroatoms. The van der Waals surface area contributed by atoms with Crippen molar-refractivity contribution in [3.63, 3.8) is 0 Å². The van der Waals surface area contributed by atoms with Gasteiger partial charge in [-0.15, -0.1) is 0 Å². The number of fused-ring (bicyclic) bond motifs is 4. The molecule has 2 heterocycles. The molecule has 0 aromatic heterocycles. The maximum atomic E-state index is 5.21. The molecule has 2 aliphatic heterocycles. The molecule has 0 spiro atoms. The van der Waals surface area contributed by atoms with E-state index in [9.17, 15) is 0 Å². The van der Waals surface area contributed by atoms with Crippen LogP contribution in [0, 0.1) is 6.92 Å². The number of benzene rings is 6. The molecule has 5 nitrogen and oxygen atoms in total. The van der Waals surface area contributed by atoms with Crippen LogP contribution in [0.25, 0.3) is 28.1 Å². The number of aryl methyl sites for hydroxylation is 1. The Morgan fingerprint density at radius 3 is 2.05 bits per heavy atom. The van der Waals surface area contributed by atoms with Gasteiger partial charge in [-0.1, -0.05) is 66.7 Å². The van der Waals surface area contributed by atoms with Crippen LogP contribution in [-0.2, 0) is 0 Å². The zero-order valence-corrected chi connectivity index (χ0v) is 23.1. The fourth-order valence-electron chi connectivity index (χ4n) is 5.84. The maximum absolute atomic E-state index is 5.21. The summed E-state index contributed by atoms with van der Waals surface area (Å²) < 4.78 is 2.31. The van der Waals surface area contributed by atoms with E-state index < -0.39 is 0 Å². The summed E-state index contributed by atoms with van der Waals surface area (Å²) in [6.07, 6.45) is 0. The molecule has 0 radical (unpaired) electrons. The number of hydrogen-bond donors (Lipinski definition) is 1. The summed E-state index contributed by atoms with van der Waals surface area (Å²) >= 11 is 0. The quantitative estimate of drug-likeness (QED) is 0.227. The van der Waals surface area contributed by atoms with Crippen LogP contribution in [0.2, 0.25) is 0 Å². The Morgan fingerprint density at radius 1 is 0.619 bits per heavy atom. The molecule has 3 aliphatic rings. The molecule has 8 rings (SSSR count). The third-order valence-corrected chi connectivity index (χ3v) is 7.80. The summed E-state index contributed by atoms with van der Waals surface area (Å²) in [6.45, 7) is 2.10. The molecular formula is C37H27N5. The predicted molar refractivity (Wildman–Crippen MR) is 172 cm³/mol. The minimum atomic E-state index is 0.914. The number of nitrogens with one attached hydrogen (secondary N) is 1. The average Bonchev–Trinajstić information content (AvgIpc) is 3.03. The number of nitrogens with zero attached hydrogens (tertiary/aromatic N) is 4. The third-order valence-electron chi connectivity index (χ3n) is 7.80. The Morgan fingerprint density at radius 2 is 1.29 bits per heavy atom. The Kier molecular flexibility index (Phi) is 5.61.